The monoisotopic (exact) mass is 213 g/mol. The standard InChI is InChI=1S/CHCl3.CH5N3.ClH/c2*2-1(3)4;/h1H;(H5,2,3,4);1H. The van der Waals surface area contributed by atoms with E-state index in [2.05, 4.69) is 11.5 Å². The normalized spacial score (nSPS) is 6.67. The minimum absolute atomic E-state index is 0. The van der Waals surface area contributed by atoms with Crippen LogP contribution in [0.2, 0.25) is 0 Å². The van der Waals surface area contributed by atoms with E-state index < -0.39 is 4.30 Å². The van der Waals surface area contributed by atoms with Crippen LogP contribution in [0.4, 0.5) is 0 Å². The molecule has 0 radical (unpaired) electrons. The van der Waals surface area contributed by atoms with Crippen molar-refractivity contribution < 1.29 is 0 Å². The molecule has 0 spiro atoms. The van der Waals surface area contributed by atoms with E-state index in [0.717, 1.165) is 0 Å². The van der Waals surface area contributed by atoms with Crippen LogP contribution in [0.1, 0.15) is 0 Å². The van der Waals surface area contributed by atoms with Crippen molar-refractivity contribution >= 4 is 53.2 Å². The maximum Gasteiger partial charge on any atom is 0.183 e. The highest BCUT2D eigenvalue weighted by Gasteiger charge is 1.78. The van der Waals surface area contributed by atoms with Crippen LogP contribution in [0, 0.1) is 5.41 Å². The number of nitrogens with one attached hydrogen (secondary N) is 1. The Bertz CT molecular complexity index is 58.1. The molecule has 3 nitrogen and oxygen atoms in total. The molecule has 0 aromatic rings. The van der Waals surface area contributed by atoms with Crippen LogP contribution in [-0.2, 0) is 0 Å². The Balaban J connectivity index is -0.0000000720. The van der Waals surface area contributed by atoms with Crippen molar-refractivity contribution in [3.63, 3.8) is 0 Å². The van der Waals surface area contributed by atoms with E-state index in [1.807, 2.05) is 0 Å². The number of guanidine groups is 1. The van der Waals surface area contributed by atoms with E-state index in [1.54, 1.807) is 0 Å². The first-order valence-corrected chi connectivity index (χ1v) is 2.79. The highest BCUT2D eigenvalue weighted by atomic mass is 35.6. The van der Waals surface area contributed by atoms with Crippen molar-refractivity contribution in [1.82, 2.24) is 0 Å². The molecule has 0 aromatic carbocycles. The Hall–Kier alpha value is 0.430. The fourth-order valence-electron chi connectivity index (χ4n) is 0. The molecule has 0 aromatic heterocycles. The van der Waals surface area contributed by atoms with Gasteiger partial charge in [-0.3, -0.25) is 5.41 Å². The molecule has 7 heteroatoms. The van der Waals surface area contributed by atoms with Crippen molar-refractivity contribution in [2.45, 2.75) is 4.30 Å². The Kier molecular flexibility index (Phi) is 20.3. The molecule has 0 fully saturated rings. The predicted octanol–water partition coefficient (Wildman–Crippen LogP) is 1.25. The van der Waals surface area contributed by atoms with Crippen LogP contribution >= 0.6 is 47.2 Å². The number of alkyl halides is 3. The van der Waals surface area contributed by atoms with Gasteiger partial charge in [0.2, 0.25) is 0 Å². The minimum atomic E-state index is -0.750. The predicted molar refractivity (Wildman–Crippen MR) is 44.7 cm³/mol. The van der Waals surface area contributed by atoms with Gasteiger partial charge in [-0.1, -0.05) is 34.8 Å². The average Bonchev–Trinajstić information content (AvgIpc) is 1.25. The molecular formula is C2H7Cl4N3. The number of hydrogen-bond acceptors (Lipinski definition) is 1. The largest absolute Gasteiger partial charge is 0.370 e. The van der Waals surface area contributed by atoms with Crippen LogP contribution in [0.5, 0.6) is 0 Å². The Morgan fingerprint density at radius 2 is 1.22 bits per heavy atom. The molecule has 0 amide bonds. The van der Waals surface area contributed by atoms with Gasteiger partial charge in [-0.25, -0.2) is 0 Å². The van der Waals surface area contributed by atoms with Gasteiger partial charge in [0, 0.05) is 0 Å². The fourth-order valence-corrected chi connectivity index (χ4v) is 0. The van der Waals surface area contributed by atoms with Gasteiger partial charge in [-0.05, 0) is 0 Å². The summed E-state index contributed by atoms with van der Waals surface area (Å²) in [7, 11) is 0. The lowest BCUT2D eigenvalue weighted by atomic mass is 11.1. The summed E-state index contributed by atoms with van der Waals surface area (Å²) in [5.41, 5.74) is 8.94. The van der Waals surface area contributed by atoms with Crippen molar-refractivity contribution in [2.24, 2.45) is 11.5 Å². The van der Waals surface area contributed by atoms with Crippen LogP contribution in [0.15, 0.2) is 0 Å². The van der Waals surface area contributed by atoms with Gasteiger partial charge in [-0.2, -0.15) is 0 Å². The highest BCUT2D eigenvalue weighted by molar-refractivity contribution is 6.63. The topological polar surface area (TPSA) is 75.9 Å². The molecule has 0 saturated heterocycles. The third-order valence-electron chi connectivity index (χ3n) is 0. The molecule has 0 rings (SSSR count). The summed E-state index contributed by atoms with van der Waals surface area (Å²) in [6.45, 7) is 0. The molecule has 0 bridgehead atoms. The summed E-state index contributed by atoms with van der Waals surface area (Å²) in [5, 5.41) is 6.06. The van der Waals surface area contributed by atoms with Gasteiger partial charge >= 0.3 is 0 Å². The SMILES string of the molecule is Cl.ClC(Cl)Cl.N=C(N)N. The summed E-state index contributed by atoms with van der Waals surface area (Å²) in [5.74, 6) is -0.333. The van der Waals surface area contributed by atoms with Gasteiger partial charge in [0.1, 0.15) is 0 Å². The van der Waals surface area contributed by atoms with E-state index in [4.69, 9.17) is 40.2 Å². The smallest absolute Gasteiger partial charge is 0.183 e. The zero-order valence-electron chi connectivity index (χ0n) is 4.27. The lowest BCUT2D eigenvalue weighted by Crippen LogP contribution is -2.20. The summed E-state index contributed by atoms with van der Waals surface area (Å²) >= 11 is 14.4. The molecule has 0 aliphatic carbocycles. The van der Waals surface area contributed by atoms with Crippen LogP contribution in [0.25, 0.3) is 0 Å². The van der Waals surface area contributed by atoms with E-state index in [9.17, 15) is 0 Å². The molecular weight excluding hydrogens is 208 g/mol. The quantitative estimate of drug-likeness (QED) is 0.323. The summed E-state index contributed by atoms with van der Waals surface area (Å²) in [6, 6.07) is 0. The number of halogens is 4. The summed E-state index contributed by atoms with van der Waals surface area (Å²) < 4.78 is -0.750. The lowest BCUT2D eigenvalue weighted by molar-refractivity contribution is 1.39. The Morgan fingerprint density at radius 3 is 1.22 bits per heavy atom. The molecule has 5 N–H and O–H groups in total. The van der Waals surface area contributed by atoms with Gasteiger partial charge in [0.05, 0.1) is 0 Å². The zero-order valence-corrected chi connectivity index (χ0v) is 7.36. The maximum absolute atomic E-state index is 6.06. The van der Waals surface area contributed by atoms with Crippen molar-refractivity contribution in [2.75, 3.05) is 0 Å². The van der Waals surface area contributed by atoms with E-state index in [1.165, 1.54) is 0 Å². The number of nitrogens with two attached hydrogens (primary N) is 2. The molecule has 0 heterocycles. The molecule has 0 saturated carbocycles. The second-order valence-corrected chi connectivity index (χ2v) is 2.68. The number of hydrogen-bond donors (Lipinski definition) is 3. The molecule has 58 valence electrons. The van der Waals surface area contributed by atoms with Crippen LogP contribution in [0.3, 0.4) is 0 Å². The van der Waals surface area contributed by atoms with Crippen molar-refractivity contribution in [3.05, 3.63) is 0 Å². The molecule has 0 aliphatic heterocycles. The summed E-state index contributed by atoms with van der Waals surface area (Å²) in [6.07, 6.45) is 0. The first-order valence-electron chi connectivity index (χ1n) is 1.48. The maximum atomic E-state index is 6.06. The minimum Gasteiger partial charge on any atom is -0.370 e. The highest BCUT2D eigenvalue weighted by Crippen LogP contribution is 2.03. The van der Waals surface area contributed by atoms with Gasteiger partial charge in [0.15, 0.2) is 10.3 Å². The average molecular weight is 215 g/mol. The van der Waals surface area contributed by atoms with Gasteiger partial charge < -0.3 is 11.5 Å². The number of rotatable bonds is 0. The second-order valence-electron chi connectivity index (χ2n) is 0.703. The molecule has 0 unspecified atom stereocenters. The summed E-state index contributed by atoms with van der Waals surface area (Å²) in [4.78, 5) is 0. The third-order valence-corrected chi connectivity index (χ3v) is 0. The molecule has 9 heavy (non-hydrogen) atoms. The van der Waals surface area contributed by atoms with Crippen LogP contribution in [-0.4, -0.2) is 10.3 Å². The first kappa shape index (κ1) is 16.2. The lowest BCUT2D eigenvalue weighted by Gasteiger charge is -1.69. The van der Waals surface area contributed by atoms with E-state index in [-0.39, 0.29) is 18.4 Å². The molecule has 0 atom stereocenters. The van der Waals surface area contributed by atoms with Crippen LogP contribution < -0.4 is 11.5 Å². The zero-order chi connectivity index (χ0) is 7.15. The third kappa shape index (κ3) is 1890. The van der Waals surface area contributed by atoms with E-state index in [0.29, 0.717) is 0 Å². The van der Waals surface area contributed by atoms with Gasteiger partial charge in [-0.15, -0.1) is 12.4 Å². The second kappa shape index (κ2) is 11.3. The molecule has 0 aliphatic rings. The van der Waals surface area contributed by atoms with E-state index >= 15 is 0 Å². The fraction of sp³-hybridized carbons (Fsp3) is 0.500. The van der Waals surface area contributed by atoms with Crippen molar-refractivity contribution in [3.8, 4) is 0 Å². The van der Waals surface area contributed by atoms with Crippen molar-refractivity contribution in [1.29, 1.82) is 5.41 Å². The Morgan fingerprint density at radius 1 is 1.22 bits per heavy atom. The van der Waals surface area contributed by atoms with Gasteiger partial charge in [0.25, 0.3) is 0 Å². The Labute approximate surface area is 74.5 Å². The first-order chi connectivity index (χ1) is 3.46.